The normalized spacial score (nSPS) is 11.7. The average molecular weight is 259 g/mol. The predicted octanol–water partition coefficient (Wildman–Crippen LogP) is 3.26. The third-order valence-electron chi connectivity index (χ3n) is 1.08. The van der Waals surface area contributed by atoms with Gasteiger partial charge in [-0.1, -0.05) is 0 Å². The number of alkyl halides is 3. The van der Waals surface area contributed by atoms with Gasteiger partial charge in [-0.3, -0.25) is 4.79 Å². The Kier molecular flexibility index (Phi) is 2.58. The highest BCUT2D eigenvalue weighted by Crippen LogP contribution is 2.29. The zero-order chi connectivity index (χ0) is 9.35. The quantitative estimate of drug-likeness (QED) is 0.707. The Morgan fingerprint density at radius 2 is 2.08 bits per heavy atom. The van der Waals surface area contributed by atoms with Crippen LogP contribution in [0.4, 0.5) is 13.2 Å². The monoisotopic (exact) mass is 258 g/mol. The molecule has 66 valence electrons. The van der Waals surface area contributed by atoms with Crippen LogP contribution in [0.3, 0.4) is 0 Å². The molecular formula is C6H2BrF3OS. The Hall–Kier alpha value is -0.360. The van der Waals surface area contributed by atoms with Gasteiger partial charge in [0.15, 0.2) is 0 Å². The van der Waals surface area contributed by atoms with Crippen molar-refractivity contribution in [3.05, 3.63) is 20.8 Å². The second-order valence-corrected chi connectivity index (χ2v) is 3.69. The molecule has 0 bridgehead atoms. The molecule has 0 amide bonds. The first-order valence-electron chi connectivity index (χ1n) is 2.77. The number of ketones is 1. The Morgan fingerprint density at radius 1 is 1.50 bits per heavy atom. The Morgan fingerprint density at radius 3 is 2.42 bits per heavy atom. The molecule has 0 radical (unpaired) electrons. The summed E-state index contributed by atoms with van der Waals surface area (Å²) in [6.45, 7) is 0. The van der Waals surface area contributed by atoms with Crippen molar-refractivity contribution in [1.29, 1.82) is 0 Å². The molecule has 0 aromatic carbocycles. The van der Waals surface area contributed by atoms with Crippen LogP contribution in [0.2, 0.25) is 0 Å². The minimum Gasteiger partial charge on any atom is -0.283 e. The second kappa shape index (κ2) is 3.18. The van der Waals surface area contributed by atoms with Gasteiger partial charge in [-0.15, -0.1) is 11.3 Å². The van der Waals surface area contributed by atoms with Crippen molar-refractivity contribution in [2.45, 2.75) is 6.18 Å². The van der Waals surface area contributed by atoms with Crippen LogP contribution < -0.4 is 0 Å². The number of Topliss-reactive ketones (excluding diaryl/α,β-unsaturated/α-hetero) is 1. The summed E-state index contributed by atoms with van der Waals surface area (Å²) < 4.78 is 35.7. The molecule has 0 fully saturated rings. The van der Waals surface area contributed by atoms with E-state index in [4.69, 9.17) is 0 Å². The van der Waals surface area contributed by atoms with E-state index >= 15 is 0 Å². The van der Waals surface area contributed by atoms with Gasteiger partial charge in [0.1, 0.15) is 0 Å². The molecule has 0 saturated heterocycles. The van der Waals surface area contributed by atoms with Crippen molar-refractivity contribution in [1.82, 2.24) is 0 Å². The number of carbonyl (C=O) groups is 1. The summed E-state index contributed by atoms with van der Waals surface area (Å²) in [5.41, 5.74) is 0. The van der Waals surface area contributed by atoms with E-state index in [0.29, 0.717) is 0 Å². The van der Waals surface area contributed by atoms with Gasteiger partial charge in [-0.05, 0) is 27.4 Å². The van der Waals surface area contributed by atoms with Crippen molar-refractivity contribution in [3.8, 4) is 0 Å². The SMILES string of the molecule is O=C(c1sccc1Br)C(F)(F)F. The Bertz CT molecular complexity index is 304. The number of thiophene rings is 1. The Labute approximate surface area is 78.3 Å². The van der Waals surface area contributed by atoms with Crippen LogP contribution in [0.25, 0.3) is 0 Å². The van der Waals surface area contributed by atoms with E-state index in [1.807, 2.05) is 0 Å². The van der Waals surface area contributed by atoms with Crippen LogP contribution in [-0.4, -0.2) is 12.0 Å². The predicted molar refractivity (Wildman–Crippen MR) is 42.4 cm³/mol. The smallest absolute Gasteiger partial charge is 0.283 e. The van der Waals surface area contributed by atoms with Gasteiger partial charge >= 0.3 is 6.18 Å². The summed E-state index contributed by atoms with van der Waals surface area (Å²) >= 11 is 3.62. The second-order valence-electron chi connectivity index (χ2n) is 1.92. The van der Waals surface area contributed by atoms with Crippen LogP contribution in [0.15, 0.2) is 15.9 Å². The molecule has 0 aliphatic heterocycles. The fraction of sp³-hybridized carbons (Fsp3) is 0.167. The maximum atomic E-state index is 11.8. The summed E-state index contributed by atoms with van der Waals surface area (Å²) in [5, 5.41) is 1.42. The van der Waals surface area contributed by atoms with Gasteiger partial charge in [0.2, 0.25) is 0 Å². The molecule has 6 heteroatoms. The standard InChI is InChI=1S/C6H2BrF3OS/c7-3-1-2-12-4(3)5(11)6(8,9)10/h1-2H. The molecule has 0 saturated carbocycles. The third-order valence-corrected chi connectivity index (χ3v) is 2.92. The summed E-state index contributed by atoms with van der Waals surface area (Å²) in [7, 11) is 0. The minimum absolute atomic E-state index is 0.190. The topological polar surface area (TPSA) is 17.1 Å². The molecule has 0 N–H and O–H groups in total. The Balaban J connectivity index is 3.01. The maximum Gasteiger partial charge on any atom is 0.455 e. The number of halogens is 4. The molecule has 1 heterocycles. The molecule has 0 spiro atoms. The summed E-state index contributed by atoms with van der Waals surface area (Å²) in [5.74, 6) is -1.80. The number of carbonyl (C=O) groups excluding carboxylic acids is 1. The van der Waals surface area contributed by atoms with Gasteiger partial charge in [-0.25, -0.2) is 0 Å². The van der Waals surface area contributed by atoms with E-state index in [-0.39, 0.29) is 9.35 Å². The molecule has 1 aromatic rings. The summed E-state index contributed by atoms with van der Waals surface area (Å²) in [6, 6.07) is 1.41. The summed E-state index contributed by atoms with van der Waals surface area (Å²) in [6.07, 6.45) is -4.78. The summed E-state index contributed by atoms with van der Waals surface area (Å²) in [4.78, 5) is 10.3. The molecule has 12 heavy (non-hydrogen) atoms. The van der Waals surface area contributed by atoms with Crippen molar-refractivity contribution in [3.63, 3.8) is 0 Å². The van der Waals surface area contributed by atoms with E-state index in [2.05, 4.69) is 15.9 Å². The van der Waals surface area contributed by atoms with E-state index in [0.717, 1.165) is 11.3 Å². The molecule has 1 rings (SSSR count). The first-order valence-corrected chi connectivity index (χ1v) is 4.44. The van der Waals surface area contributed by atoms with Crippen LogP contribution in [-0.2, 0) is 0 Å². The number of rotatable bonds is 1. The first-order chi connectivity index (χ1) is 5.43. The van der Waals surface area contributed by atoms with Gasteiger partial charge in [0.25, 0.3) is 5.78 Å². The van der Waals surface area contributed by atoms with E-state index in [9.17, 15) is 18.0 Å². The lowest BCUT2D eigenvalue weighted by Crippen LogP contribution is -2.21. The third kappa shape index (κ3) is 1.87. The van der Waals surface area contributed by atoms with Gasteiger partial charge in [0.05, 0.1) is 4.88 Å². The van der Waals surface area contributed by atoms with Gasteiger partial charge < -0.3 is 0 Å². The lowest BCUT2D eigenvalue weighted by molar-refractivity contribution is -0.0882. The van der Waals surface area contributed by atoms with Crippen molar-refractivity contribution >= 4 is 33.0 Å². The molecule has 0 aliphatic rings. The highest BCUT2D eigenvalue weighted by molar-refractivity contribution is 9.10. The molecule has 1 nitrogen and oxygen atoms in total. The number of hydrogen-bond acceptors (Lipinski definition) is 2. The number of hydrogen-bond donors (Lipinski definition) is 0. The van der Waals surface area contributed by atoms with Crippen molar-refractivity contribution < 1.29 is 18.0 Å². The van der Waals surface area contributed by atoms with Crippen molar-refractivity contribution in [2.24, 2.45) is 0 Å². The largest absolute Gasteiger partial charge is 0.455 e. The first kappa shape index (κ1) is 9.73. The fourth-order valence-corrected chi connectivity index (χ4v) is 2.10. The highest BCUT2D eigenvalue weighted by atomic mass is 79.9. The van der Waals surface area contributed by atoms with Crippen LogP contribution in [0.5, 0.6) is 0 Å². The molecule has 0 atom stereocenters. The minimum atomic E-state index is -4.78. The van der Waals surface area contributed by atoms with Crippen molar-refractivity contribution in [2.75, 3.05) is 0 Å². The van der Waals surface area contributed by atoms with Crippen LogP contribution >= 0.6 is 27.3 Å². The maximum absolute atomic E-state index is 11.8. The molecule has 1 aromatic heterocycles. The van der Waals surface area contributed by atoms with Crippen LogP contribution in [0, 0.1) is 0 Å². The molecular weight excluding hydrogens is 257 g/mol. The van der Waals surface area contributed by atoms with E-state index in [1.54, 1.807) is 0 Å². The fourth-order valence-electron chi connectivity index (χ4n) is 0.584. The zero-order valence-electron chi connectivity index (χ0n) is 5.48. The van der Waals surface area contributed by atoms with E-state index in [1.165, 1.54) is 11.4 Å². The zero-order valence-corrected chi connectivity index (χ0v) is 7.89. The molecule has 0 aliphatic carbocycles. The van der Waals surface area contributed by atoms with Gasteiger partial charge in [-0.2, -0.15) is 13.2 Å². The lowest BCUT2D eigenvalue weighted by Gasteiger charge is -2.02. The van der Waals surface area contributed by atoms with Gasteiger partial charge in [0, 0.05) is 4.47 Å². The molecule has 0 unspecified atom stereocenters. The van der Waals surface area contributed by atoms with E-state index < -0.39 is 12.0 Å². The average Bonchev–Trinajstić information content (AvgIpc) is 2.31. The lowest BCUT2D eigenvalue weighted by atomic mass is 10.3. The highest BCUT2D eigenvalue weighted by Gasteiger charge is 2.40. The van der Waals surface area contributed by atoms with Crippen LogP contribution in [0.1, 0.15) is 9.67 Å².